The molecule has 0 aromatic heterocycles. The molecule has 7 nitrogen and oxygen atoms in total. The standard InChI is InChI=1S/C13H25N3O4/c1-3-5-7-10(6-4-2)15-13(20)16(8-11(14)17)9-12(18)19/h10H,3-9H2,1-2H3,(H2,14,17)(H,15,20)(H,18,19). The SMILES string of the molecule is CCCCC(CCC)NC(=O)N(CC(N)=O)CC(=O)O. The first-order chi connectivity index (χ1) is 9.40. The molecule has 0 radical (unpaired) electrons. The highest BCUT2D eigenvalue weighted by molar-refractivity contribution is 5.86. The van der Waals surface area contributed by atoms with Crippen LogP contribution in [-0.2, 0) is 9.59 Å². The lowest BCUT2D eigenvalue weighted by atomic mass is 10.1. The van der Waals surface area contributed by atoms with Gasteiger partial charge in [0.2, 0.25) is 5.91 Å². The zero-order chi connectivity index (χ0) is 15.5. The molecule has 1 atom stereocenters. The molecule has 0 spiro atoms. The van der Waals surface area contributed by atoms with Crippen molar-refractivity contribution in [2.24, 2.45) is 5.73 Å². The van der Waals surface area contributed by atoms with Gasteiger partial charge >= 0.3 is 12.0 Å². The second-order valence-corrected chi connectivity index (χ2v) is 4.79. The van der Waals surface area contributed by atoms with Gasteiger partial charge in [0, 0.05) is 6.04 Å². The largest absolute Gasteiger partial charge is 0.480 e. The predicted octanol–water partition coefficient (Wildman–Crippen LogP) is 0.927. The van der Waals surface area contributed by atoms with Gasteiger partial charge in [-0.2, -0.15) is 0 Å². The molecule has 0 aliphatic heterocycles. The Kier molecular flexibility index (Phi) is 9.15. The third-order valence-corrected chi connectivity index (χ3v) is 2.83. The minimum Gasteiger partial charge on any atom is -0.480 e. The first-order valence-electron chi connectivity index (χ1n) is 6.96. The van der Waals surface area contributed by atoms with E-state index < -0.39 is 31.0 Å². The molecule has 0 saturated heterocycles. The fourth-order valence-corrected chi connectivity index (χ4v) is 1.90. The normalized spacial score (nSPS) is 11.7. The van der Waals surface area contributed by atoms with E-state index in [-0.39, 0.29) is 6.04 Å². The third-order valence-electron chi connectivity index (χ3n) is 2.83. The first-order valence-corrected chi connectivity index (χ1v) is 6.96. The number of rotatable bonds is 10. The molecule has 0 aromatic carbocycles. The van der Waals surface area contributed by atoms with Crippen LogP contribution in [0.2, 0.25) is 0 Å². The van der Waals surface area contributed by atoms with Crippen molar-refractivity contribution in [1.82, 2.24) is 10.2 Å². The number of carboxylic acids is 1. The van der Waals surface area contributed by atoms with Crippen LogP contribution < -0.4 is 11.1 Å². The van der Waals surface area contributed by atoms with Gasteiger partial charge in [0.25, 0.3) is 0 Å². The highest BCUT2D eigenvalue weighted by Gasteiger charge is 2.21. The van der Waals surface area contributed by atoms with Crippen molar-refractivity contribution >= 4 is 17.9 Å². The average molecular weight is 287 g/mol. The quantitative estimate of drug-likeness (QED) is 0.554. The van der Waals surface area contributed by atoms with Crippen LogP contribution in [0.4, 0.5) is 4.79 Å². The molecule has 0 aromatic rings. The Hall–Kier alpha value is -1.79. The second-order valence-electron chi connectivity index (χ2n) is 4.79. The first kappa shape index (κ1) is 18.2. The van der Waals surface area contributed by atoms with E-state index in [0.29, 0.717) is 0 Å². The van der Waals surface area contributed by atoms with Crippen molar-refractivity contribution in [2.75, 3.05) is 13.1 Å². The number of carboxylic acid groups (broad SMARTS) is 1. The van der Waals surface area contributed by atoms with E-state index in [9.17, 15) is 14.4 Å². The van der Waals surface area contributed by atoms with Crippen molar-refractivity contribution in [3.8, 4) is 0 Å². The second kappa shape index (κ2) is 10.1. The van der Waals surface area contributed by atoms with Crippen molar-refractivity contribution in [2.45, 2.75) is 52.0 Å². The molecule has 20 heavy (non-hydrogen) atoms. The number of hydrogen-bond acceptors (Lipinski definition) is 3. The molecular formula is C13H25N3O4. The van der Waals surface area contributed by atoms with Gasteiger partial charge in [-0.15, -0.1) is 0 Å². The summed E-state index contributed by atoms with van der Waals surface area (Å²) in [6, 6.07) is -0.558. The van der Waals surface area contributed by atoms with Crippen molar-refractivity contribution in [3.05, 3.63) is 0 Å². The molecular weight excluding hydrogens is 262 g/mol. The highest BCUT2D eigenvalue weighted by atomic mass is 16.4. The van der Waals surface area contributed by atoms with Crippen LogP contribution in [-0.4, -0.2) is 47.0 Å². The van der Waals surface area contributed by atoms with Crippen molar-refractivity contribution in [3.63, 3.8) is 0 Å². The topological polar surface area (TPSA) is 113 Å². The lowest BCUT2D eigenvalue weighted by Gasteiger charge is -2.24. The van der Waals surface area contributed by atoms with Gasteiger partial charge in [-0.1, -0.05) is 33.1 Å². The van der Waals surface area contributed by atoms with Crippen LogP contribution in [0.1, 0.15) is 46.0 Å². The summed E-state index contributed by atoms with van der Waals surface area (Å²) in [5, 5.41) is 11.5. The van der Waals surface area contributed by atoms with Gasteiger partial charge in [0.15, 0.2) is 0 Å². The number of amides is 3. The van der Waals surface area contributed by atoms with E-state index in [1.165, 1.54) is 0 Å². The minimum absolute atomic E-state index is 0.00313. The number of carbonyl (C=O) groups excluding carboxylic acids is 2. The Morgan fingerprint density at radius 1 is 1.15 bits per heavy atom. The van der Waals surface area contributed by atoms with Gasteiger partial charge in [-0.05, 0) is 12.8 Å². The molecule has 0 saturated carbocycles. The molecule has 3 amide bonds. The van der Waals surface area contributed by atoms with E-state index >= 15 is 0 Å². The molecule has 0 rings (SSSR count). The molecule has 0 heterocycles. The number of nitrogens with zero attached hydrogens (tertiary/aromatic N) is 1. The molecule has 0 aliphatic rings. The highest BCUT2D eigenvalue weighted by Crippen LogP contribution is 2.07. The summed E-state index contributed by atoms with van der Waals surface area (Å²) in [5.41, 5.74) is 5.02. The van der Waals surface area contributed by atoms with Crippen LogP contribution in [0.25, 0.3) is 0 Å². The van der Waals surface area contributed by atoms with Gasteiger partial charge in [0.05, 0.1) is 0 Å². The maximum absolute atomic E-state index is 12.0. The van der Waals surface area contributed by atoms with E-state index in [4.69, 9.17) is 10.8 Å². The summed E-state index contributed by atoms with van der Waals surface area (Å²) >= 11 is 0. The predicted molar refractivity (Wildman–Crippen MR) is 75.2 cm³/mol. The van der Waals surface area contributed by atoms with Gasteiger partial charge < -0.3 is 21.1 Å². The number of aliphatic carboxylic acids is 1. The molecule has 116 valence electrons. The Labute approximate surface area is 119 Å². The molecule has 7 heteroatoms. The van der Waals surface area contributed by atoms with Gasteiger partial charge in [0.1, 0.15) is 13.1 Å². The number of hydrogen-bond donors (Lipinski definition) is 3. The lowest BCUT2D eigenvalue weighted by Crippen LogP contribution is -2.49. The van der Waals surface area contributed by atoms with Gasteiger partial charge in [-0.3, -0.25) is 9.59 Å². The maximum Gasteiger partial charge on any atom is 0.323 e. The summed E-state index contributed by atoms with van der Waals surface area (Å²) in [6.45, 7) is 3.14. The Morgan fingerprint density at radius 2 is 1.80 bits per heavy atom. The fourth-order valence-electron chi connectivity index (χ4n) is 1.90. The molecule has 0 aliphatic carbocycles. The van der Waals surface area contributed by atoms with Crippen LogP contribution in [0.15, 0.2) is 0 Å². The number of nitrogens with two attached hydrogens (primary N) is 1. The van der Waals surface area contributed by atoms with E-state index in [1.807, 2.05) is 6.92 Å². The van der Waals surface area contributed by atoms with Gasteiger partial charge in [-0.25, -0.2) is 4.79 Å². The van der Waals surface area contributed by atoms with E-state index in [1.54, 1.807) is 0 Å². The van der Waals surface area contributed by atoms with E-state index in [0.717, 1.165) is 37.0 Å². The van der Waals surface area contributed by atoms with Crippen LogP contribution in [0.3, 0.4) is 0 Å². The third kappa shape index (κ3) is 8.34. The summed E-state index contributed by atoms with van der Waals surface area (Å²) in [5.74, 6) is -1.91. The average Bonchev–Trinajstić information content (AvgIpc) is 2.34. The number of urea groups is 1. The molecule has 4 N–H and O–H groups in total. The Morgan fingerprint density at radius 3 is 2.25 bits per heavy atom. The minimum atomic E-state index is -1.18. The number of unbranched alkanes of at least 4 members (excludes halogenated alkanes) is 1. The monoisotopic (exact) mass is 287 g/mol. The zero-order valence-electron chi connectivity index (χ0n) is 12.2. The number of nitrogens with one attached hydrogen (secondary N) is 1. The van der Waals surface area contributed by atoms with Crippen LogP contribution >= 0.6 is 0 Å². The summed E-state index contributed by atoms with van der Waals surface area (Å²) < 4.78 is 0. The summed E-state index contributed by atoms with van der Waals surface area (Å²) in [4.78, 5) is 34.5. The smallest absolute Gasteiger partial charge is 0.323 e. The zero-order valence-corrected chi connectivity index (χ0v) is 12.2. The summed E-state index contributed by atoms with van der Waals surface area (Å²) in [7, 11) is 0. The lowest BCUT2D eigenvalue weighted by molar-refractivity contribution is -0.137. The Balaban J connectivity index is 4.58. The molecule has 1 unspecified atom stereocenters. The fraction of sp³-hybridized carbons (Fsp3) is 0.769. The van der Waals surface area contributed by atoms with Crippen molar-refractivity contribution < 1.29 is 19.5 Å². The maximum atomic E-state index is 12.0. The molecule has 0 bridgehead atoms. The van der Waals surface area contributed by atoms with E-state index in [2.05, 4.69) is 12.2 Å². The Bertz CT molecular complexity index is 318. The summed E-state index contributed by atoms with van der Waals surface area (Å²) in [6.07, 6.45) is 4.59. The van der Waals surface area contributed by atoms with Crippen LogP contribution in [0, 0.1) is 0 Å². The number of carbonyl (C=O) groups is 3. The van der Waals surface area contributed by atoms with Crippen molar-refractivity contribution in [1.29, 1.82) is 0 Å². The molecule has 0 fully saturated rings. The van der Waals surface area contributed by atoms with Crippen LogP contribution in [0.5, 0.6) is 0 Å². The number of primary amides is 1.